The summed E-state index contributed by atoms with van der Waals surface area (Å²) in [6, 6.07) is 17.9. The molecule has 1 aliphatic rings. The van der Waals surface area contributed by atoms with Crippen LogP contribution in [-0.4, -0.2) is 70.0 Å². The molecule has 1 fully saturated rings. The van der Waals surface area contributed by atoms with Crippen molar-refractivity contribution in [2.24, 2.45) is 0 Å². The molecule has 0 aromatic heterocycles. The highest BCUT2D eigenvalue weighted by Crippen LogP contribution is 2.31. The number of hydrogen-bond acceptors (Lipinski definition) is 6. The Hall–Kier alpha value is -3.14. The minimum absolute atomic E-state index is 0.118. The number of ether oxygens (including phenoxy) is 2. The maximum Gasteiger partial charge on any atom is 0.243 e. The summed E-state index contributed by atoms with van der Waals surface area (Å²) in [4.78, 5) is 15.1. The number of hydrogen-bond donors (Lipinski definition) is 1. The average Bonchev–Trinajstić information content (AvgIpc) is 2.88. The first kappa shape index (κ1) is 24.0. The number of piperazine rings is 1. The van der Waals surface area contributed by atoms with Crippen LogP contribution in [0.2, 0.25) is 0 Å². The van der Waals surface area contributed by atoms with E-state index in [9.17, 15) is 13.2 Å². The van der Waals surface area contributed by atoms with Gasteiger partial charge in [0.25, 0.3) is 0 Å². The Labute approximate surface area is 200 Å². The lowest BCUT2D eigenvalue weighted by atomic mass is 10.1. The number of carbonyl (C=O) groups is 1. The fourth-order valence-electron chi connectivity index (χ4n) is 4.19. The van der Waals surface area contributed by atoms with E-state index in [2.05, 4.69) is 5.32 Å². The van der Waals surface area contributed by atoms with Crippen molar-refractivity contribution in [3.05, 3.63) is 60.7 Å². The van der Waals surface area contributed by atoms with Gasteiger partial charge in [-0.15, -0.1) is 0 Å². The van der Waals surface area contributed by atoms with Crippen LogP contribution in [0.3, 0.4) is 0 Å². The van der Waals surface area contributed by atoms with Crippen LogP contribution in [0.1, 0.15) is 6.92 Å². The van der Waals surface area contributed by atoms with Gasteiger partial charge in [0.1, 0.15) is 0 Å². The number of benzene rings is 3. The molecular weight excluding hydrogens is 454 g/mol. The van der Waals surface area contributed by atoms with Crippen LogP contribution >= 0.6 is 0 Å². The van der Waals surface area contributed by atoms with E-state index in [0.717, 1.165) is 16.5 Å². The van der Waals surface area contributed by atoms with Crippen molar-refractivity contribution in [1.82, 2.24) is 9.21 Å². The molecule has 0 bridgehead atoms. The first-order valence-corrected chi connectivity index (χ1v) is 12.5. The number of carbonyl (C=O) groups excluding carboxylic acids is 1. The monoisotopic (exact) mass is 483 g/mol. The maximum absolute atomic E-state index is 13.2. The van der Waals surface area contributed by atoms with E-state index in [4.69, 9.17) is 9.47 Å². The second-order valence-electron chi connectivity index (χ2n) is 8.15. The molecule has 1 atom stereocenters. The first-order chi connectivity index (χ1) is 16.3. The van der Waals surface area contributed by atoms with Gasteiger partial charge in [-0.3, -0.25) is 9.69 Å². The predicted octanol–water partition coefficient (Wildman–Crippen LogP) is 3.19. The molecule has 1 aliphatic heterocycles. The molecular formula is C25H29N3O5S. The van der Waals surface area contributed by atoms with Crippen molar-refractivity contribution < 1.29 is 22.7 Å². The van der Waals surface area contributed by atoms with Crippen LogP contribution in [-0.2, 0) is 14.8 Å². The molecule has 3 aromatic rings. The van der Waals surface area contributed by atoms with Crippen LogP contribution in [0.25, 0.3) is 10.8 Å². The van der Waals surface area contributed by atoms with E-state index < -0.39 is 16.1 Å². The molecule has 8 nitrogen and oxygen atoms in total. The number of nitrogens with one attached hydrogen (secondary N) is 1. The highest BCUT2D eigenvalue weighted by Gasteiger charge is 2.32. The second-order valence-corrected chi connectivity index (χ2v) is 10.1. The lowest BCUT2D eigenvalue weighted by molar-refractivity contribution is -0.121. The number of sulfonamides is 1. The Morgan fingerprint density at radius 2 is 1.59 bits per heavy atom. The van der Waals surface area contributed by atoms with Crippen molar-refractivity contribution in [1.29, 1.82) is 0 Å². The number of methoxy groups -OCH3 is 2. The van der Waals surface area contributed by atoms with Gasteiger partial charge in [-0.05, 0) is 30.5 Å². The quantitative estimate of drug-likeness (QED) is 0.555. The fourth-order valence-corrected chi connectivity index (χ4v) is 5.63. The number of fused-ring (bicyclic) bond motifs is 1. The molecule has 0 aliphatic carbocycles. The summed E-state index contributed by atoms with van der Waals surface area (Å²) in [5.41, 5.74) is 0.768. The second kappa shape index (κ2) is 10.0. The lowest BCUT2D eigenvalue weighted by Crippen LogP contribution is -2.53. The van der Waals surface area contributed by atoms with E-state index in [0.29, 0.717) is 37.7 Å². The molecule has 0 unspecified atom stereocenters. The fraction of sp³-hybridized carbons (Fsp3) is 0.320. The topological polar surface area (TPSA) is 88.2 Å². The van der Waals surface area contributed by atoms with Crippen LogP contribution < -0.4 is 14.8 Å². The van der Waals surface area contributed by atoms with Crippen molar-refractivity contribution in [2.45, 2.75) is 17.9 Å². The van der Waals surface area contributed by atoms with Gasteiger partial charge in [-0.25, -0.2) is 8.42 Å². The third-order valence-corrected chi connectivity index (χ3v) is 8.14. The zero-order valence-electron chi connectivity index (χ0n) is 19.5. The molecule has 0 saturated carbocycles. The minimum atomic E-state index is -3.69. The van der Waals surface area contributed by atoms with Crippen molar-refractivity contribution in [3.63, 3.8) is 0 Å². The largest absolute Gasteiger partial charge is 0.493 e. The van der Waals surface area contributed by atoms with Gasteiger partial charge in [0.15, 0.2) is 11.5 Å². The van der Waals surface area contributed by atoms with Gasteiger partial charge in [-0.2, -0.15) is 4.31 Å². The summed E-state index contributed by atoms with van der Waals surface area (Å²) < 4.78 is 38.2. The lowest BCUT2D eigenvalue weighted by Gasteiger charge is -2.36. The van der Waals surface area contributed by atoms with Gasteiger partial charge < -0.3 is 14.8 Å². The highest BCUT2D eigenvalue weighted by atomic mass is 32.2. The average molecular weight is 484 g/mol. The molecule has 1 N–H and O–H groups in total. The van der Waals surface area contributed by atoms with Gasteiger partial charge in [0.2, 0.25) is 15.9 Å². The summed E-state index contributed by atoms with van der Waals surface area (Å²) in [5.74, 6) is 0.714. The van der Waals surface area contributed by atoms with Gasteiger partial charge >= 0.3 is 0 Å². The van der Waals surface area contributed by atoms with E-state index in [1.165, 1.54) is 30.7 Å². The predicted molar refractivity (Wildman–Crippen MR) is 132 cm³/mol. The Bertz CT molecular complexity index is 1280. The molecule has 3 aromatic carbocycles. The van der Waals surface area contributed by atoms with Gasteiger partial charge in [0.05, 0.1) is 25.2 Å². The zero-order valence-corrected chi connectivity index (χ0v) is 20.3. The van der Waals surface area contributed by atoms with Crippen molar-refractivity contribution >= 4 is 32.4 Å². The third kappa shape index (κ3) is 4.72. The Morgan fingerprint density at radius 3 is 2.29 bits per heavy atom. The molecule has 180 valence electrons. The Morgan fingerprint density at radius 1 is 0.912 bits per heavy atom. The zero-order chi connectivity index (χ0) is 24.3. The van der Waals surface area contributed by atoms with E-state index >= 15 is 0 Å². The molecule has 1 heterocycles. The van der Waals surface area contributed by atoms with Crippen LogP contribution in [0.5, 0.6) is 11.5 Å². The highest BCUT2D eigenvalue weighted by molar-refractivity contribution is 7.89. The van der Waals surface area contributed by atoms with Gasteiger partial charge in [0, 0.05) is 43.3 Å². The van der Waals surface area contributed by atoms with Crippen LogP contribution in [0.4, 0.5) is 5.69 Å². The number of anilines is 1. The van der Waals surface area contributed by atoms with Crippen LogP contribution in [0.15, 0.2) is 65.6 Å². The number of nitrogens with zero attached hydrogens (tertiary/aromatic N) is 2. The van der Waals surface area contributed by atoms with Crippen molar-refractivity contribution in [3.8, 4) is 11.5 Å². The first-order valence-electron chi connectivity index (χ1n) is 11.1. The number of amides is 1. The Kier molecular flexibility index (Phi) is 7.06. The van der Waals surface area contributed by atoms with E-state index in [1.807, 2.05) is 54.3 Å². The molecule has 0 spiro atoms. The Balaban J connectivity index is 1.41. The normalized spacial score (nSPS) is 16.2. The van der Waals surface area contributed by atoms with E-state index in [-0.39, 0.29) is 10.8 Å². The summed E-state index contributed by atoms with van der Waals surface area (Å²) in [6.07, 6.45) is 0. The SMILES string of the molecule is COc1ccc(S(=O)(=O)N2CCN([C@H](C)C(=O)Nc3cccc4ccccc34)CC2)cc1OC. The van der Waals surface area contributed by atoms with Crippen molar-refractivity contribution in [2.75, 3.05) is 45.7 Å². The summed E-state index contributed by atoms with van der Waals surface area (Å²) in [5, 5.41) is 5.07. The smallest absolute Gasteiger partial charge is 0.243 e. The standard InChI is InChI=1S/C25H29N3O5S/c1-18(25(29)26-22-10-6-8-19-7-4-5-9-21(19)22)27-13-15-28(16-14-27)34(30,31)20-11-12-23(32-2)24(17-20)33-3/h4-12,17-18H,13-16H2,1-3H3,(H,26,29)/t18-/m1/s1. The molecule has 9 heteroatoms. The third-order valence-electron chi connectivity index (χ3n) is 6.24. The molecule has 34 heavy (non-hydrogen) atoms. The van der Waals surface area contributed by atoms with Crippen LogP contribution in [0, 0.1) is 0 Å². The maximum atomic E-state index is 13.2. The molecule has 1 amide bonds. The molecule has 0 radical (unpaired) electrons. The number of rotatable bonds is 7. The molecule has 4 rings (SSSR count). The van der Waals surface area contributed by atoms with Gasteiger partial charge in [-0.1, -0.05) is 36.4 Å². The summed E-state index contributed by atoms with van der Waals surface area (Å²) in [7, 11) is -0.719. The minimum Gasteiger partial charge on any atom is -0.493 e. The molecule has 1 saturated heterocycles. The summed E-state index contributed by atoms with van der Waals surface area (Å²) in [6.45, 7) is 3.34. The van der Waals surface area contributed by atoms with E-state index in [1.54, 1.807) is 6.07 Å². The summed E-state index contributed by atoms with van der Waals surface area (Å²) >= 11 is 0.